The lowest BCUT2D eigenvalue weighted by Crippen LogP contribution is -2.41. The van der Waals surface area contributed by atoms with Crippen molar-refractivity contribution in [3.63, 3.8) is 0 Å². The Morgan fingerprint density at radius 2 is 2.00 bits per heavy atom. The summed E-state index contributed by atoms with van der Waals surface area (Å²) >= 11 is 0. The molecule has 0 aromatic rings. The molecule has 2 N–H and O–H groups in total. The van der Waals surface area contributed by atoms with E-state index in [1.807, 2.05) is 0 Å². The highest BCUT2D eigenvalue weighted by Crippen LogP contribution is 2.37. The van der Waals surface area contributed by atoms with Crippen LogP contribution in [0.4, 0.5) is 0 Å². The van der Waals surface area contributed by atoms with E-state index in [4.69, 9.17) is 11.5 Å². The van der Waals surface area contributed by atoms with E-state index in [9.17, 15) is 9.59 Å². The number of aliphatic carboxylic acids is 1. The van der Waals surface area contributed by atoms with E-state index in [1.165, 1.54) is 0 Å². The molecular formula is C12H17NO3. The second-order valence-corrected chi connectivity index (χ2v) is 4.27. The summed E-state index contributed by atoms with van der Waals surface area (Å²) in [6.07, 6.45) is 8.86. The van der Waals surface area contributed by atoms with Crippen LogP contribution in [0.25, 0.3) is 0 Å². The molecule has 1 fully saturated rings. The van der Waals surface area contributed by atoms with Crippen LogP contribution >= 0.6 is 0 Å². The van der Waals surface area contributed by atoms with Crippen LogP contribution in [-0.2, 0) is 9.59 Å². The molecular weight excluding hydrogens is 206 g/mol. The minimum absolute atomic E-state index is 0.162. The van der Waals surface area contributed by atoms with Crippen LogP contribution in [0.2, 0.25) is 0 Å². The van der Waals surface area contributed by atoms with Crippen molar-refractivity contribution in [1.29, 1.82) is 0 Å². The van der Waals surface area contributed by atoms with Gasteiger partial charge < -0.3 is 10.4 Å². The van der Waals surface area contributed by atoms with Crippen molar-refractivity contribution in [2.75, 3.05) is 6.54 Å². The highest BCUT2D eigenvalue weighted by molar-refractivity contribution is 5.79. The molecule has 4 heteroatoms. The largest absolute Gasteiger partial charge is 0.481 e. The Morgan fingerprint density at radius 1 is 1.38 bits per heavy atom. The molecule has 0 aromatic heterocycles. The quantitative estimate of drug-likeness (QED) is 0.687. The molecule has 0 unspecified atom stereocenters. The molecule has 0 atom stereocenters. The van der Waals surface area contributed by atoms with Crippen LogP contribution in [0, 0.1) is 17.8 Å². The maximum atomic E-state index is 11.3. The summed E-state index contributed by atoms with van der Waals surface area (Å²) in [6, 6.07) is 0. The van der Waals surface area contributed by atoms with E-state index in [0.717, 1.165) is 12.8 Å². The summed E-state index contributed by atoms with van der Waals surface area (Å²) in [5.74, 6) is 1.42. The van der Waals surface area contributed by atoms with Gasteiger partial charge in [0.1, 0.15) is 0 Å². The van der Waals surface area contributed by atoms with Gasteiger partial charge in [0, 0.05) is 19.4 Å². The third-order valence-electron chi connectivity index (χ3n) is 3.13. The zero-order valence-electron chi connectivity index (χ0n) is 9.29. The minimum Gasteiger partial charge on any atom is -0.481 e. The molecule has 0 spiro atoms. The summed E-state index contributed by atoms with van der Waals surface area (Å²) in [5.41, 5.74) is -0.744. The Hall–Kier alpha value is -1.50. The van der Waals surface area contributed by atoms with Gasteiger partial charge >= 0.3 is 5.97 Å². The Morgan fingerprint density at radius 3 is 2.50 bits per heavy atom. The predicted octanol–water partition coefficient (Wildman–Crippen LogP) is 1.16. The fraction of sp³-hybridized carbons (Fsp3) is 0.667. The average molecular weight is 223 g/mol. The summed E-state index contributed by atoms with van der Waals surface area (Å²) in [6.45, 7) is 0.228. The first kappa shape index (κ1) is 12.6. The van der Waals surface area contributed by atoms with Crippen LogP contribution in [-0.4, -0.2) is 23.5 Å². The Kier molecular flexibility index (Phi) is 4.36. The van der Waals surface area contributed by atoms with E-state index >= 15 is 0 Å². The molecule has 0 heterocycles. The molecule has 0 radical (unpaired) electrons. The third kappa shape index (κ3) is 2.99. The SMILES string of the molecule is C#CCCC(=O)NCC1(C(=O)O)CCCC1. The lowest BCUT2D eigenvalue weighted by Gasteiger charge is -2.23. The lowest BCUT2D eigenvalue weighted by molar-refractivity contribution is -0.148. The highest BCUT2D eigenvalue weighted by atomic mass is 16.4. The number of hydrogen-bond acceptors (Lipinski definition) is 2. The van der Waals surface area contributed by atoms with Gasteiger partial charge in [-0.25, -0.2) is 0 Å². The van der Waals surface area contributed by atoms with Crippen LogP contribution in [0.5, 0.6) is 0 Å². The number of carbonyl (C=O) groups excluding carboxylic acids is 1. The van der Waals surface area contributed by atoms with Gasteiger partial charge in [-0.3, -0.25) is 9.59 Å². The second-order valence-electron chi connectivity index (χ2n) is 4.27. The van der Waals surface area contributed by atoms with Crippen LogP contribution in [0.3, 0.4) is 0 Å². The standard InChI is InChI=1S/C12H17NO3/c1-2-3-6-10(14)13-9-12(11(15)16)7-4-5-8-12/h1H,3-9H2,(H,13,14)(H,15,16). The van der Waals surface area contributed by atoms with Gasteiger partial charge in [-0.1, -0.05) is 12.8 Å². The Labute approximate surface area is 95.4 Å². The van der Waals surface area contributed by atoms with Crippen LogP contribution in [0.1, 0.15) is 38.5 Å². The summed E-state index contributed by atoms with van der Waals surface area (Å²) in [4.78, 5) is 22.5. The molecule has 1 rings (SSSR count). The van der Waals surface area contributed by atoms with Crippen molar-refractivity contribution >= 4 is 11.9 Å². The second kappa shape index (κ2) is 5.55. The maximum Gasteiger partial charge on any atom is 0.311 e. The number of terminal acetylenes is 1. The van der Waals surface area contributed by atoms with Gasteiger partial charge in [0.2, 0.25) is 5.91 Å². The minimum atomic E-state index is -0.803. The van der Waals surface area contributed by atoms with Crippen LogP contribution < -0.4 is 5.32 Å². The third-order valence-corrected chi connectivity index (χ3v) is 3.13. The molecule has 1 amide bonds. The Balaban J connectivity index is 2.43. The maximum absolute atomic E-state index is 11.3. The number of nitrogens with one attached hydrogen (secondary N) is 1. The van der Waals surface area contributed by atoms with Gasteiger partial charge in [0.25, 0.3) is 0 Å². The number of rotatable bonds is 5. The van der Waals surface area contributed by atoms with Crippen molar-refractivity contribution in [2.24, 2.45) is 5.41 Å². The monoisotopic (exact) mass is 223 g/mol. The van der Waals surface area contributed by atoms with Gasteiger partial charge in [-0.2, -0.15) is 0 Å². The highest BCUT2D eigenvalue weighted by Gasteiger charge is 2.41. The predicted molar refractivity (Wildman–Crippen MR) is 59.6 cm³/mol. The summed E-state index contributed by atoms with van der Waals surface area (Å²) in [5, 5.41) is 11.8. The Bertz CT molecular complexity index is 311. The molecule has 88 valence electrons. The van der Waals surface area contributed by atoms with E-state index in [0.29, 0.717) is 19.3 Å². The zero-order chi connectivity index (χ0) is 12.0. The van der Waals surface area contributed by atoms with Crippen molar-refractivity contribution in [3.05, 3.63) is 0 Å². The molecule has 1 aliphatic rings. The van der Waals surface area contributed by atoms with Crippen molar-refractivity contribution in [3.8, 4) is 12.3 Å². The lowest BCUT2D eigenvalue weighted by atomic mass is 9.86. The van der Waals surface area contributed by atoms with Gasteiger partial charge in [-0.05, 0) is 12.8 Å². The molecule has 1 saturated carbocycles. The zero-order valence-corrected chi connectivity index (χ0v) is 9.29. The van der Waals surface area contributed by atoms with Crippen molar-refractivity contribution < 1.29 is 14.7 Å². The number of carboxylic acid groups (broad SMARTS) is 1. The fourth-order valence-corrected chi connectivity index (χ4v) is 2.06. The molecule has 0 aromatic carbocycles. The topological polar surface area (TPSA) is 66.4 Å². The smallest absolute Gasteiger partial charge is 0.311 e. The normalized spacial score (nSPS) is 17.7. The first-order valence-electron chi connectivity index (χ1n) is 5.54. The van der Waals surface area contributed by atoms with Gasteiger partial charge in [-0.15, -0.1) is 12.3 Å². The molecule has 0 bridgehead atoms. The number of hydrogen-bond donors (Lipinski definition) is 2. The average Bonchev–Trinajstić information content (AvgIpc) is 2.73. The van der Waals surface area contributed by atoms with E-state index in [2.05, 4.69) is 11.2 Å². The number of carboxylic acids is 1. The first-order chi connectivity index (χ1) is 7.60. The van der Waals surface area contributed by atoms with E-state index < -0.39 is 11.4 Å². The van der Waals surface area contributed by atoms with E-state index in [1.54, 1.807) is 0 Å². The first-order valence-corrected chi connectivity index (χ1v) is 5.54. The molecule has 4 nitrogen and oxygen atoms in total. The van der Waals surface area contributed by atoms with Gasteiger partial charge in [0.05, 0.1) is 5.41 Å². The summed E-state index contributed by atoms with van der Waals surface area (Å²) in [7, 11) is 0. The molecule has 0 saturated heterocycles. The van der Waals surface area contributed by atoms with Crippen molar-refractivity contribution in [1.82, 2.24) is 5.32 Å². The number of carbonyl (C=O) groups is 2. The van der Waals surface area contributed by atoms with Crippen molar-refractivity contribution in [2.45, 2.75) is 38.5 Å². The summed E-state index contributed by atoms with van der Waals surface area (Å²) < 4.78 is 0. The molecule has 0 aliphatic heterocycles. The van der Waals surface area contributed by atoms with Crippen LogP contribution in [0.15, 0.2) is 0 Å². The van der Waals surface area contributed by atoms with E-state index in [-0.39, 0.29) is 18.9 Å². The number of amides is 1. The van der Waals surface area contributed by atoms with Gasteiger partial charge in [0.15, 0.2) is 0 Å². The fourth-order valence-electron chi connectivity index (χ4n) is 2.06. The molecule has 1 aliphatic carbocycles. The molecule has 16 heavy (non-hydrogen) atoms.